The number of hydrogen-bond acceptors (Lipinski definition) is 6. The summed E-state index contributed by atoms with van der Waals surface area (Å²) in [6.07, 6.45) is 3.52. The van der Waals surface area contributed by atoms with Gasteiger partial charge in [0.25, 0.3) is 0 Å². The number of rotatable bonds is 4. The van der Waals surface area contributed by atoms with Crippen LogP contribution in [-0.2, 0) is 0 Å². The summed E-state index contributed by atoms with van der Waals surface area (Å²) in [6, 6.07) is 17.9. The molecule has 1 atom stereocenters. The van der Waals surface area contributed by atoms with Crippen molar-refractivity contribution in [2.24, 2.45) is 0 Å². The quantitative estimate of drug-likeness (QED) is 0.553. The van der Waals surface area contributed by atoms with Crippen LogP contribution in [-0.4, -0.2) is 28.2 Å². The first-order chi connectivity index (χ1) is 14.3. The Kier molecular flexibility index (Phi) is 4.44. The Labute approximate surface area is 168 Å². The SMILES string of the molecule is C[C@H](Nc1nc(-c2cccnc2)nc2ccccc12)c1ccc2c(c1)OCCO2. The zero-order chi connectivity index (χ0) is 19.6. The molecule has 1 aliphatic heterocycles. The summed E-state index contributed by atoms with van der Waals surface area (Å²) < 4.78 is 11.4. The number of hydrogen-bond donors (Lipinski definition) is 1. The van der Waals surface area contributed by atoms with E-state index in [4.69, 9.17) is 19.4 Å². The predicted molar refractivity (Wildman–Crippen MR) is 112 cm³/mol. The Balaban J connectivity index is 1.52. The van der Waals surface area contributed by atoms with Crippen molar-refractivity contribution >= 4 is 16.7 Å². The van der Waals surface area contributed by atoms with E-state index in [0.29, 0.717) is 19.0 Å². The van der Waals surface area contributed by atoms with Crippen LogP contribution in [0.3, 0.4) is 0 Å². The van der Waals surface area contributed by atoms with Gasteiger partial charge in [-0.25, -0.2) is 9.97 Å². The monoisotopic (exact) mass is 384 g/mol. The molecule has 0 saturated heterocycles. The van der Waals surface area contributed by atoms with E-state index in [1.165, 1.54) is 0 Å². The number of anilines is 1. The van der Waals surface area contributed by atoms with Gasteiger partial charge in [-0.2, -0.15) is 0 Å². The highest BCUT2D eigenvalue weighted by Gasteiger charge is 2.16. The van der Waals surface area contributed by atoms with Gasteiger partial charge in [0.15, 0.2) is 17.3 Å². The number of benzene rings is 2. The van der Waals surface area contributed by atoms with Crippen LogP contribution in [0.4, 0.5) is 5.82 Å². The highest BCUT2D eigenvalue weighted by Crippen LogP contribution is 2.34. The summed E-state index contributed by atoms with van der Waals surface area (Å²) in [5, 5.41) is 4.53. The summed E-state index contributed by atoms with van der Waals surface area (Å²) in [5.74, 6) is 3.01. The van der Waals surface area contributed by atoms with Crippen LogP contribution in [0.5, 0.6) is 11.5 Å². The average Bonchev–Trinajstić information content (AvgIpc) is 2.79. The Morgan fingerprint density at radius 1 is 0.931 bits per heavy atom. The summed E-state index contributed by atoms with van der Waals surface area (Å²) in [4.78, 5) is 13.7. The van der Waals surface area contributed by atoms with Gasteiger partial charge in [0, 0.05) is 23.3 Å². The number of aromatic nitrogens is 3. The van der Waals surface area contributed by atoms with E-state index in [1.807, 2.05) is 48.5 Å². The van der Waals surface area contributed by atoms with Gasteiger partial charge in [0.2, 0.25) is 0 Å². The number of nitrogens with one attached hydrogen (secondary N) is 1. The van der Waals surface area contributed by atoms with Gasteiger partial charge in [-0.3, -0.25) is 4.98 Å². The molecule has 29 heavy (non-hydrogen) atoms. The molecule has 6 nitrogen and oxygen atoms in total. The lowest BCUT2D eigenvalue weighted by Crippen LogP contribution is -2.16. The number of nitrogens with zero attached hydrogens (tertiary/aromatic N) is 3. The topological polar surface area (TPSA) is 69.2 Å². The van der Waals surface area contributed by atoms with Gasteiger partial charge < -0.3 is 14.8 Å². The second-order valence-electron chi connectivity index (χ2n) is 6.92. The van der Waals surface area contributed by atoms with Crippen LogP contribution in [0.15, 0.2) is 67.0 Å². The molecule has 0 aliphatic carbocycles. The first-order valence-corrected chi connectivity index (χ1v) is 9.61. The van der Waals surface area contributed by atoms with Crippen molar-refractivity contribution in [1.82, 2.24) is 15.0 Å². The van der Waals surface area contributed by atoms with Crippen molar-refractivity contribution < 1.29 is 9.47 Å². The maximum atomic E-state index is 5.73. The molecule has 4 aromatic rings. The molecule has 2 aromatic heterocycles. The standard InChI is InChI=1S/C23H20N4O2/c1-15(16-8-9-20-21(13-16)29-12-11-28-20)25-23-18-6-2-3-7-19(18)26-22(27-23)17-5-4-10-24-14-17/h2-10,13-15H,11-12H2,1H3,(H,25,26,27)/t15-/m0/s1. The van der Waals surface area contributed by atoms with Crippen LogP contribution in [0.1, 0.15) is 18.5 Å². The summed E-state index contributed by atoms with van der Waals surface area (Å²) in [5.41, 5.74) is 2.87. The second-order valence-corrected chi connectivity index (χ2v) is 6.92. The lowest BCUT2D eigenvalue weighted by Gasteiger charge is -2.22. The van der Waals surface area contributed by atoms with E-state index < -0.39 is 0 Å². The minimum Gasteiger partial charge on any atom is -0.486 e. The van der Waals surface area contributed by atoms with Crippen molar-refractivity contribution in [3.8, 4) is 22.9 Å². The fraction of sp³-hybridized carbons (Fsp3) is 0.174. The van der Waals surface area contributed by atoms with Gasteiger partial charge in [0.05, 0.1) is 11.6 Å². The molecule has 2 aromatic carbocycles. The Morgan fingerprint density at radius 2 is 1.79 bits per heavy atom. The van der Waals surface area contributed by atoms with Crippen LogP contribution < -0.4 is 14.8 Å². The number of fused-ring (bicyclic) bond motifs is 2. The minimum atomic E-state index is 0.0193. The Hall–Kier alpha value is -3.67. The van der Waals surface area contributed by atoms with Crippen molar-refractivity contribution in [2.45, 2.75) is 13.0 Å². The largest absolute Gasteiger partial charge is 0.486 e. The van der Waals surface area contributed by atoms with E-state index >= 15 is 0 Å². The van der Waals surface area contributed by atoms with Crippen molar-refractivity contribution in [1.29, 1.82) is 0 Å². The molecule has 5 rings (SSSR count). The Morgan fingerprint density at radius 3 is 2.66 bits per heavy atom. The third-order valence-electron chi connectivity index (χ3n) is 4.94. The summed E-state index contributed by atoms with van der Waals surface area (Å²) in [7, 11) is 0. The van der Waals surface area contributed by atoms with Gasteiger partial charge in [-0.05, 0) is 48.9 Å². The molecule has 3 heterocycles. The predicted octanol–water partition coefficient (Wildman–Crippen LogP) is 4.64. The first kappa shape index (κ1) is 17.4. The molecule has 0 fully saturated rings. The zero-order valence-corrected chi connectivity index (χ0v) is 16.0. The molecule has 0 radical (unpaired) electrons. The van der Waals surface area contributed by atoms with E-state index in [9.17, 15) is 0 Å². The first-order valence-electron chi connectivity index (χ1n) is 9.61. The fourth-order valence-electron chi connectivity index (χ4n) is 3.43. The number of para-hydroxylation sites is 1. The van der Waals surface area contributed by atoms with Crippen molar-refractivity contribution in [3.63, 3.8) is 0 Å². The second kappa shape index (κ2) is 7.39. The number of ether oxygens (including phenoxy) is 2. The molecule has 0 saturated carbocycles. The summed E-state index contributed by atoms with van der Waals surface area (Å²) >= 11 is 0. The van der Waals surface area contributed by atoms with Crippen LogP contribution in [0.25, 0.3) is 22.3 Å². The van der Waals surface area contributed by atoms with E-state index in [-0.39, 0.29) is 6.04 Å². The molecule has 1 aliphatic rings. The number of pyridine rings is 1. The maximum absolute atomic E-state index is 5.73. The van der Waals surface area contributed by atoms with Crippen LogP contribution in [0.2, 0.25) is 0 Å². The zero-order valence-electron chi connectivity index (χ0n) is 16.0. The lowest BCUT2D eigenvalue weighted by molar-refractivity contribution is 0.171. The smallest absolute Gasteiger partial charge is 0.163 e. The molecule has 144 valence electrons. The van der Waals surface area contributed by atoms with Gasteiger partial charge in [-0.1, -0.05) is 18.2 Å². The van der Waals surface area contributed by atoms with Gasteiger partial charge in [0.1, 0.15) is 19.0 Å². The molecule has 0 amide bonds. The highest BCUT2D eigenvalue weighted by atomic mass is 16.6. The molecule has 6 heteroatoms. The minimum absolute atomic E-state index is 0.0193. The van der Waals surface area contributed by atoms with Crippen LogP contribution in [0, 0.1) is 0 Å². The maximum Gasteiger partial charge on any atom is 0.163 e. The van der Waals surface area contributed by atoms with Crippen molar-refractivity contribution in [2.75, 3.05) is 18.5 Å². The molecular formula is C23H20N4O2. The normalized spacial score (nSPS) is 13.8. The van der Waals surface area contributed by atoms with E-state index in [0.717, 1.165) is 39.3 Å². The lowest BCUT2D eigenvalue weighted by atomic mass is 10.1. The van der Waals surface area contributed by atoms with Crippen molar-refractivity contribution in [3.05, 3.63) is 72.6 Å². The molecule has 0 spiro atoms. The molecule has 1 N–H and O–H groups in total. The van der Waals surface area contributed by atoms with Gasteiger partial charge >= 0.3 is 0 Å². The molecule has 0 bridgehead atoms. The fourth-order valence-corrected chi connectivity index (χ4v) is 3.43. The Bertz CT molecular complexity index is 1160. The third-order valence-corrected chi connectivity index (χ3v) is 4.94. The van der Waals surface area contributed by atoms with E-state index in [1.54, 1.807) is 12.4 Å². The van der Waals surface area contributed by atoms with E-state index in [2.05, 4.69) is 23.3 Å². The molecular weight excluding hydrogens is 364 g/mol. The van der Waals surface area contributed by atoms with Gasteiger partial charge in [-0.15, -0.1) is 0 Å². The van der Waals surface area contributed by atoms with Crippen LogP contribution >= 0.6 is 0 Å². The third kappa shape index (κ3) is 3.45. The highest BCUT2D eigenvalue weighted by molar-refractivity contribution is 5.90. The summed E-state index contributed by atoms with van der Waals surface area (Å²) in [6.45, 7) is 3.26. The average molecular weight is 384 g/mol. The molecule has 0 unspecified atom stereocenters.